The average molecular weight is 555 g/mol. The van der Waals surface area contributed by atoms with Crippen molar-refractivity contribution in [2.45, 2.75) is 24.9 Å². The molecule has 2 heterocycles. The van der Waals surface area contributed by atoms with Gasteiger partial charge < -0.3 is 44.2 Å². The van der Waals surface area contributed by atoms with Crippen LogP contribution in [-0.2, 0) is 31.6 Å². The molecule has 2 rings (SSSR count). The molecular weight excluding hydrogens is 543 g/mol. The number of ether oxygens (including phenoxy) is 1. The quantitative estimate of drug-likeness (QED) is 0.223. The molecule has 1 aromatic heterocycles. The summed E-state index contributed by atoms with van der Waals surface area (Å²) >= 11 is 0. The fourth-order valence-corrected chi connectivity index (χ4v) is 4.99. The van der Waals surface area contributed by atoms with Gasteiger partial charge in [0.15, 0.2) is 0 Å². The SMILES string of the molecule is Nc1ccn([C@H]2C[C@H](O)[C@@H](COP(=O)([O-])OP(=O)([O-])OP(=O)([O-])[O-])O2)c(=O)n1.[Na+].[Na+].[Na+].[Na+]. The van der Waals surface area contributed by atoms with Gasteiger partial charge in [-0.15, -0.1) is 0 Å². The standard InChI is InChI=1S/C9H16N3O13P3.4Na/c10-7-1-2-12(9(14)11-7)8-3-5(13)6(23-8)4-22-27(18,19)25-28(20,21)24-26(15,16)17;;;;/h1-2,5-6,8,13H,3-4H2,(H,18,19)(H,20,21)(H2,10,11,14)(H2,15,16,17);;;;/q;4*+1/p-4/t5-,6+,8+;;;;/m0..../s1. The molecular formula is C9H12N3Na4O13P3. The van der Waals surface area contributed by atoms with Crippen molar-refractivity contribution < 1.29 is 174 Å². The van der Waals surface area contributed by atoms with E-state index in [0.29, 0.717) is 0 Å². The summed E-state index contributed by atoms with van der Waals surface area (Å²) in [6.45, 7) is -0.970. The Morgan fingerprint density at radius 2 is 1.69 bits per heavy atom. The minimum Gasteiger partial charge on any atom is -0.790 e. The van der Waals surface area contributed by atoms with Gasteiger partial charge in [-0.25, -0.2) is 9.11 Å². The molecule has 3 N–H and O–H groups in total. The molecule has 0 bridgehead atoms. The van der Waals surface area contributed by atoms with E-state index in [1.165, 1.54) is 12.3 Å². The molecule has 0 radical (unpaired) electrons. The minimum absolute atomic E-state index is 0. The first-order valence-corrected chi connectivity index (χ1v) is 11.5. The van der Waals surface area contributed by atoms with Crippen LogP contribution in [0.15, 0.2) is 17.1 Å². The molecule has 5 atom stereocenters. The largest absolute Gasteiger partial charge is 1.00 e. The molecule has 0 saturated carbocycles. The Bertz CT molecular complexity index is 931. The first-order chi connectivity index (χ1) is 12.7. The molecule has 16 nitrogen and oxygen atoms in total. The zero-order chi connectivity index (χ0) is 21.3. The number of anilines is 1. The maximum absolute atomic E-state index is 11.7. The van der Waals surface area contributed by atoms with Gasteiger partial charge in [0, 0.05) is 12.6 Å². The fraction of sp³-hybridized carbons (Fsp3) is 0.556. The average Bonchev–Trinajstić information content (AvgIpc) is 2.82. The topological polar surface area (TPSA) is 262 Å². The maximum Gasteiger partial charge on any atom is 1.00 e. The molecule has 2 unspecified atom stereocenters. The summed E-state index contributed by atoms with van der Waals surface area (Å²) in [5.41, 5.74) is 4.53. The number of hydrogen-bond donors (Lipinski definition) is 2. The Balaban J connectivity index is -0.00000210. The van der Waals surface area contributed by atoms with Gasteiger partial charge in [-0.3, -0.25) is 18.0 Å². The van der Waals surface area contributed by atoms with E-state index in [1.54, 1.807) is 0 Å². The van der Waals surface area contributed by atoms with Crippen LogP contribution in [0.25, 0.3) is 0 Å². The monoisotopic (exact) mass is 555 g/mol. The van der Waals surface area contributed by atoms with Gasteiger partial charge in [0.05, 0.1) is 20.5 Å². The molecule has 0 amide bonds. The number of aliphatic hydroxyl groups is 1. The van der Waals surface area contributed by atoms with E-state index in [4.69, 9.17) is 10.5 Å². The molecule has 0 aliphatic carbocycles. The summed E-state index contributed by atoms with van der Waals surface area (Å²) in [4.78, 5) is 58.2. The van der Waals surface area contributed by atoms with E-state index < -0.39 is 54.2 Å². The van der Waals surface area contributed by atoms with E-state index in [9.17, 15) is 43.2 Å². The van der Waals surface area contributed by atoms with Gasteiger partial charge in [0.25, 0.3) is 15.6 Å². The van der Waals surface area contributed by atoms with E-state index in [-0.39, 0.29) is 130 Å². The molecule has 23 heteroatoms. The van der Waals surface area contributed by atoms with Gasteiger partial charge in [-0.2, -0.15) is 4.98 Å². The summed E-state index contributed by atoms with van der Waals surface area (Å²) in [7, 11) is -17.9. The van der Waals surface area contributed by atoms with Crippen molar-refractivity contribution in [2.75, 3.05) is 12.3 Å². The third kappa shape index (κ3) is 13.5. The maximum atomic E-state index is 11.7. The summed E-state index contributed by atoms with van der Waals surface area (Å²) < 4.78 is 49.5. The number of nitrogens with two attached hydrogens (primary N) is 1. The van der Waals surface area contributed by atoms with Crippen LogP contribution in [0.3, 0.4) is 0 Å². The van der Waals surface area contributed by atoms with Crippen molar-refractivity contribution in [3.05, 3.63) is 22.7 Å². The first-order valence-electron chi connectivity index (χ1n) is 7.07. The van der Waals surface area contributed by atoms with Crippen LogP contribution in [0.5, 0.6) is 0 Å². The zero-order valence-electron chi connectivity index (χ0n) is 17.5. The molecule has 1 saturated heterocycles. The number of nitrogen functional groups attached to an aromatic ring is 1. The van der Waals surface area contributed by atoms with Crippen molar-refractivity contribution in [1.82, 2.24) is 9.55 Å². The summed E-state index contributed by atoms with van der Waals surface area (Å²) in [6.07, 6.45) is -2.70. The Hall–Kier alpha value is 3.01. The van der Waals surface area contributed by atoms with Crippen LogP contribution in [0.2, 0.25) is 0 Å². The number of hydrogen-bond acceptors (Lipinski definition) is 15. The number of nitrogens with zero attached hydrogens (tertiary/aromatic N) is 2. The van der Waals surface area contributed by atoms with E-state index in [1.807, 2.05) is 0 Å². The first kappa shape index (κ1) is 39.5. The second kappa shape index (κ2) is 16.1. The van der Waals surface area contributed by atoms with Crippen LogP contribution < -0.4 is 149 Å². The van der Waals surface area contributed by atoms with Crippen LogP contribution in [0, 0.1) is 0 Å². The molecule has 160 valence electrons. The normalized spacial score (nSPS) is 23.8. The van der Waals surface area contributed by atoms with Gasteiger partial charge in [0.1, 0.15) is 18.1 Å². The van der Waals surface area contributed by atoms with Crippen molar-refractivity contribution in [2.24, 2.45) is 0 Å². The number of phosphoric ester groups is 1. The Kier molecular flexibility index (Phi) is 19.9. The third-order valence-corrected chi connectivity index (χ3v) is 6.83. The van der Waals surface area contributed by atoms with E-state index in [0.717, 1.165) is 4.57 Å². The smallest absolute Gasteiger partial charge is 0.790 e. The molecule has 0 aromatic carbocycles. The second-order valence-corrected chi connectivity index (χ2v) is 9.52. The van der Waals surface area contributed by atoms with Crippen molar-refractivity contribution in [1.29, 1.82) is 0 Å². The zero-order valence-corrected chi connectivity index (χ0v) is 28.1. The fourth-order valence-electron chi connectivity index (χ4n) is 2.13. The molecule has 0 spiro atoms. The Morgan fingerprint density at radius 3 is 2.19 bits per heavy atom. The number of rotatable bonds is 8. The van der Waals surface area contributed by atoms with Gasteiger partial charge in [-0.05, 0) is 6.07 Å². The number of aromatic nitrogens is 2. The Morgan fingerprint density at radius 1 is 1.12 bits per heavy atom. The van der Waals surface area contributed by atoms with Gasteiger partial charge >= 0.3 is 124 Å². The third-order valence-electron chi connectivity index (χ3n) is 3.16. The van der Waals surface area contributed by atoms with Crippen LogP contribution in [0.1, 0.15) is 12.6 Å². The minimum atomic E-state index is -6.10. The molecule has 32 heavy (non-hydrogen) atoms. The predicted molar refractivity (Wildman–Crippen MR) is 78.4 cm³/mol. The predicted octanol–water partition coefficient (Wildman–Crippen LogP) is -15.7. The summed E-state index contributed by atoms with van der Waals surface area (Å²) in [6, 6.07) is 1.27. The van der Waals surface area contributed by atoms with Gasteiger partial charge in [-0.1, -0.05) is 0 Å². The summed E-state index contributed by atoms with van der Waals surface area (Å²) in [5.74, 6) is -0.0610. The van der Waals surface area contributed by atoms with Crippen LogP contribution in [-0.4, -0.2) is 33.5 Å². The molecule has 1 aliphatic heterocycles. The van der Waals surface area contributed by atoms with Crippen molar-refractivity contribution in [3.63, 3.8) is 0 Å². The van der Waals surface area contributed by atoms with Crippen molar-refractivity contribution >= 4 is 29.3 Å². The molecule has 1 aromatic rings. The van der Waals surface area contributed by atoms with Crippen LogP contribution >= 0.6 is 23.5 Å². The number of phosphoric acid groups is 3. The van der Waals surface area contributed by atoms with E-state index >= 15 is 0 Å². The second-order valence-electron chi connectivity index (χ2n) is 5.28. The van der Waals surface area contributed by atoms with Crippen molar-refractivity contribution in [3.8, 4) is 0 Å². The van der Waals surface area contributed by atoms with Crippen LogP contribution in [0.4, 0.5) is 5.82 Å². The van der Waals surface area contributed by atoms with E-state index in [2.05, 4.69) is 18.1 Å². The number of aliphatic hydroxyl groups excluding tert-OH is 1. The molecule has 1 aliphatic rings. The Labute approximate surface area is 269 Å². The molecule has 1 fully saturated rings. The van der Waals surface area contributed by atoms with Gasteiger partial charge in [0.2, 0.25) is 0 Å². The summed E-state index contributed by atoms with van der Waals surface area (Å²) in [5, 5.41) is 9.89.